The van der Waals surface area contributed by atoms with Gasteiger partial charge in [0.15, 0.2) is 0 Å². The highest BCUT2D eigenvalue weighted by Gasteiger charge is 2.32. The van der Waals surface area contributed by atoms with Crippen molar-refractivity contribution in [2.45, 2.75) is 6.18 Å². The molecule has 4 nitrogen and oxygen atoms in total. The Labute approximate surface area is 73.1 Å². The third-order valence-electron chi connectivity index (χ3n) is 1.27. The van der Waals surface area contributed by atoms with E-state index in [2.05, 4.69) is 0 Å². The summed E-state index contributed by atoms with van der Waals surface area (Å²) >= 11 is 0. The topological polar surface area (TPSA) is 66.6 Å². The third-order valence-corrected chi connectivity index (χ3v) is 1.27. The summed E-state index contributed by atoms with van der Waals surface area (Å²) in [6.45, 7) is -2.73. The molecule has 0 heterocycles. The predicted molar refractivity (Wildman–Crippen MR) is 38.8 cm³/mol. The molecule has 0 saturated carbocycles. The van der Waals surface area contributed by atoms with Crippen LogP contribution in [0.25, 0.3) is 0 Å². The first kappa shape index (κ1) is 12.2. The van der Waals surface area contributed by atoms with E-state index in [4.69, 9.17) is 10.8 Å². The van der Waals surface area contributed by atoms with Crippen molar-refractivity contribution in [3.8, 4) is 0 Å². The van der Waals surface area contributed by atoms with Crippen molar-refractivity contribution in [3.05, 3.63) is 0 Å². The number of nitrogens with zero attached hydrogens (tertiary/aromatic N) is 1. The Kier molecular flexibility index (Phi) is 4.71. The van der Waals surface area contributed by atoms with Gasteiger partial charge in [-0.2, -0.15) is 13.2 Å². The van der Waals surface area contributed by atoms with Crippen molar-refractivity contribution in [1.82, 2.24) is 4.90 Å². The van der Waals surface area contributed by atoms with Crippen molar-refractivity contribution in [3.63, 3.8) is 0 Å². The van der Waals surface area contributed by atoms with Crippen LogP contribution in [0.5, 0.6) is 0 Å². The van der Waals surface area contributed by atoms with Gasteiger partial charge in [0, 0.05) is 6.54 Å². The standard InChI is InChI=1S/C6H11F3N2O2/c7-6(8,9)4-11(1-2-12)5(13)3-10/h12H,1-4,10H2. The lowest BCUT2D eigenvalue weighted by Crippen LogP contribution is -2.43. The molecule has 0 spiro atoms. The van der Waals surface area contributed by atoms with Gasteiger partial charge < -0.3 is 15.7 Å². The highest BCUT2D eigenvalue weighted by Crippen LogP contribution is 2.16. The molecule has 13 heavy (non-hydrogen) atoms. The molecule has 0 aliphatic rings. The first-order valence-electron chi connectivity index (χ1n) is 3.56. The molecule has 0 unspecified atom stereocenters. The second-order valence-corrected chi connectivity index (χ2v) is 2.36. The first-order valence-corrected chi connectivity index (χ1v) is 3.56. The van der Waals surface area contributed by atoms with Gasteiger partial charge in [0.05, 0.1) is 13.2 Å². The number of hydrogen-bond acceptors (Lipinski definition) is 3. The van der Waals surface area contributed by atoms with E-state index in [1.54, 1.807) is 0 Å². The molecular formula is C6H11F3N2O2. The highest BCUT2D eigenvalue weighted by atomic mass is 19.4. The van der Waals surface area contributed by atoms with Gasteiger partial charge in [-0.1, -0.05) is 0 Å². The fraction of sp³-hybridized carbons (Fsp3) is 0.833. The maximum atomic E-state index is 11.8. The molecule has 3 N–H and O–H groups in total. The zero-order chi connectivity index (χ0) is 10.5. The van der Waals surface area contributed by atoms with Gasteiger partial charge in [-0.15, -0.1) is 0 Å². The summed E-state index contributed by atoms with van der Waals surface area (Å²) in [6.07, 6.45) is -4.46. The first-order chi connectivity index (χ1) is 5.90. The SMILES string of the molecule is NCC(=O)N(CCO)CC(F)(F)F. The molecule has 1 amide bonds. The van der Waals surface area contributed by atoms with Crippen LogP contribution in [0.1, 0.15) is 0 Å². The van der Waals surface area contributed by atoms with Crippen LogP contribution >= 0.6 is 0 Å². The Balaban J connectivity index is 4.17. The molecule has 0 aromatic carbocycles. The van der Waals surface area contributed by atoms with Gasteiger partial charge in [0.1, 0.15) is 6.54 Å². The van der Waals surface area contributed by atoms with E-state index in [-0.39, 0.29) is 6.54 Å². The largest absolute Gasteiger partial charge is 0.406 e. The molecule has 0 aromatic rings. The van der Waals surface area contributed by atoms with Crippen molar-refractivity contribution < 1.29 is 23.1 Å². The van der Waals surface area contributed by atoms with Gasteiger partial charge in [-0.25, -0.2) is 0 Å². The number of amides is 1. The van der Waals surface area contributed by atoms with Gasteiger partial charge in [-0.3, -0.25) is 4.79 Å². The van der Waals surface area contributed by atoms with Crippen molar-refractivity contribution in [2.24, 2.45) is 5.73 Å². The summed E-state index contributed by atoms with van der Waals surface area (Å²) in [6, 6.07) is 0. The summed E-state index contributed by atoms with van der Waals surface area (Å²) in [5.41, 5.74) is 4.88. The van der Waals surface area contributed by atoms with Crippen LogP contribution in [0.15, 0.2) is 0 Å². The number of nitrogens with two attached hydrogens (primary N) is 1. The van der Waals surface area contributed by atoms with Crippen molar-refractivity contribution in [2.75, 3.05) is 26.2 Å². The maximum Gasteiger partial charge on any atom is 0.406 e. The molecule has 0 rings (SSSR count). The zero-order valence-electron chi connectivity index (χ0n) is 6.84. The van der Waals surface area contributed by atoms with E-state index in [1.165, 1.54) is 0 Å². The summed E-state index contributed by atoms with van der Waals surface area (Å²) < 4.78 is 35.4. The van der Waals surface area contributed by atoms with E-state index < -0.39 is 31.8 Å². The molecule has 0 saturated heterocycles. The summed E-state index contributed by atoms with van der Waals surface area (Å²) in [4.78, 5) is 11.2. The fourth-order valence-electron chi connectivity index (χ4n) is 0.758. The highest BCUT2D eigenvalue weighted by molar-refractivity contribution is 5.78. The number of hydrogen-bond donors (Lipinski definition) is 2. The van der Waals surface area contributed by atoms with E-state index in [0.717, 1.165) is 0 Å². The molecule has 0 fully saturated rings. The fourth-order valence-corrected chi connectivity index (χ4v) is 0.758. The average Bonchev–Trinajstić information content (AvgIpc) is 2.00. The minimum atomic E-state index is -4.46. The van der Waals surface area contributed by atoms with Gasteiger partial charge in [0.2, 0.25) is 5.91 Å². The molecule has 78 valence electrons. The normalized spacial score (nSPS) is 11.5. The Bertz CT molecular complexity index is 172. The number of carbonyl (C=O) groups is 1. The van der Waals surface area contributed by atoms with Crippen LogP contribution in [-0.2, 0) is 4.79 Å². The lowest BCUT2D eigenvalue weighted by molar-refractivity contribution is -0.161. The number of alkyl halides is 3. The smallest absolute Gasteiger partial charge is 0.395 e. The minimum absolute atomic E-state index is 0.352. The molecule has 0 atom stereocenters. The average molecular weight is 200 g/mol. The van der Waals surface area contributed by atoms with Gasteiger partial charge in [-0.05, 0) is 0 Å². The lowest BCUT2D eigenvalue weighted by Gasteiger charge is -2.22. The van der Waals surface area contributed by atoms with E-state index >= 15 is 0 Å². The van der Waals surface area contributed by atoms with Gasteiger partial charge in [0.25, 0.3) is 0 Å². The second-order valence-electron chi connectivity index (χ2n) is 2.36. The van der Waals surface area contributed by atoms with Gasteiger partial charge >= 0.3 is 6.18 Å². The quantitative estimate of drug-likeness (QED) is 0.632. The maximum absolute atomic E-state index is 11.8. The number of carbonyl (C=O) groups excluding carboxylic acids is 1. The zero-order valence-corrected chi connectivity index (χ0v) is 6.84. The number of halogens is 3. The van der Waals surface area contributed by atoms with Crippen LogP contribution in [0.2, 0.25) is 0 Å². The molecule has 0 aliphatic heterocycles. The summed E-state index contributed by atoms with van der Waals surface area (Å²) in [7, 11) is 0. The molecular weight excluding hydrogens is 189 g/mol. The van der Waals surface area contributed by atoms with E-state index in [0.29, 0.717) is 4.90 Å². The Morgan fingerprint density at radius 2 is 2.00 bits per heavy atom. The Hall–Kier alpha value is -0.820. The molecule has 7 heteroatoms. The molecule has 0 radical (unpaired) electrons. The number of rotatable bonds is 4. The molecule has 0 bridgehead atoms. The van der Waals surface area contributed by atoms with Crippen LogP contribution in [0.4, 0.5) is 13.2 Å². The van der Waals surface area contributed by atoms with Crippen molar-refractivity contribution in [1.29, 1.82) is 0 Å². The third kappa shape index (κ3) is 5.42. The van der Waals surface area contributed by atoms with Crippen LogP contribution in [0.3, 0.4) is 0 Å². The van der Waals surface area contributed by atoms with Crippen LogP contribution < -0.4 is 5.73 Å². The van der Waals surface area contributed by atoms with Crippen LogP contribution in [0, 0.1) is 0 Å². The molecule has 0 aliphatic carbocycles. The summed E-state index contributed by atoms with van der Waals surface area (Å²) in [5, 5.41) is 8.38. The predicted octanol–water partition coefficient (Wildman–Crippen LogP) is -0.672. The Morgan fingerprint density at radius 1 is 1.46 bits per heavy atom. The minimum Gasteiger partial charge on any atom is -0.395 e. The lowest BCUT2D eigenvalue weighted by atomic mass is 10.4. The summed E-state index contributed by atoms with van der Waals surface area (Å²) in [5.74, 6) is -0.827. The number of aliphatic hydroxyl groups is 1. The second kappa shape index (κ2) is 5.03. The van der Waals surface area contributed by atoms with E-state index in [9.17, 15) is 18.0 Å². The number of aliphatic hydroxyl groups excluding tert-OH is 1. The Morgan fingerprint density at radius 3 is 2.31 bits per heavy atom. The monoisotopic (exact) mass is 200 g/mol. The molecule has 0 aromatic heterocycles. The van der Waals surface area contributed by atoms with Crippen LogP contribution in [-0.4, -0.2) is 48.3 Å². The van der Waals surface area contributed by atoms with Crippen molar-refractivity contribution >= 4 is 5.91 Å². The van der Waals surface area contributed by atoms with E-state index in [1.807, 2.05) is 0 Å².